The van der Waals surface area contributed by atoms with Gasteiger partial charge < -0.3 is 9.73 Å². The van der Waals surface area contributed by atoms with Crippen LogP contribution in [0.25, 0.3) is 0 Å². The van der Waals surface area contributed by atoms with Crippen molar-refractivity contribution in [3.05, 3.63) is 5.89 Å². The van der Waals surface area contributed by atoms with Crippen LogP contribution >= 0.6 is 11.6 Å². The van der Waals surface area contributed by atoms with Gasteiger partial charge >= 0.3 is 6.01 Å². The Morgan fingerprint density at radius 1 is 1.28 bits per heavy atom. The van der Waals surface area contributed by atoms with E-state index in [0.29, 0.717) is 17.9 Å². The van der Waals surface area contributed by atoms with E-state index in [1.807, 2.05) is 6.92 Å². The van der Waals surface area contributed by atoms with Gasteiger partial charge in [-0.15, -0.1) is 16.7 Å². The second-order valence-corrected chi connectivity index (χ2v) is 6.49. The largest absolute Gasteiger partial charge is 0.406 e. The summed E-state index contributed by atoms with van der Waals surface area (Å²) in [6.07, 6.45) is 5.60. The molecule has 1 aromatic heterocycles. The summed E-state index contributed by atoms with van der Waals surface area (Å²) >= 11 is 5.91. The first kappa shape index (κ1) is 12.3. The number of hydrogen-bond donors (Lipinski definition) is 1. The van der Waals surface area contributed by atoms with Gasteiger partial charge in [0.25, 0.3) is 0 Å². The second kappa shape index (κ2) is 4.72. The molecule has 0 spiro atoms. The average molecular weight is 270 g/mol. The number of hydrogen-bond acceptors (Lipinski definition) is 4. The van der Waals surface area contributed by atoms with Crippen LogP contribution in [0.1, 0.15) is 50.8 Å². The first-order chi connectivity index (χ1) is 8.63. The van der Waals surface area contributed by atoms with Crippen LogP contribution in [0.5, 0.6) is 0 Å². The van der Waals surface area contributed by atoms with E-state index in [1.54, 1.807) is 0 Å². The van der Waals surface area contributed by atoms with E-state index < -0.39 is 0 Å². The summed E-state index contributed by atoms with van der Waals surface area (Å²) in [6, 6.07) is 0.909. The van der Waals surface area contributed by atoms with Crippen molar-refractivity contribution in [3.63, 3.8) is 0 Å². The number of anilines is 1. The summed E-state index contributed by atoms with van der Waals surface area (Å²) in [4.78, 5) is 0. The van der Waals surface area contributed by atoms with Crippen molar-refractivity contribution in [3.8, 4) is 0 Å². The summed E-state index contributed by atoms with van der Waals surface area (Å²) in [6.45, 7) is 4.05. The van der Waals surface area contributed by atoms with Crippen LogP contribution < -0.4 is 5.32 Å². The van der Waals surface area contributed by atoms with E-state index in [0.717, 1.165) is 17.8 Å². The Hall–Kier alpha value is -0.770. The molecule has 4 nitrogen and oxygen atoms in total. The smallest absolute Gasteiger partial charge is 0.315 e. The molecule has 2 bridgehead atoms. The normalized spacial score (nSPS) is 33.6. The summed E-state index contributed by atoms with van der Waals surface area (Å²) in [5, 5.41) is 11.0. The zero-order chi connectivity index (χ0) is 12.7. The van der Waals surface area contributed by atoms with E-state index in [9.17, 15) is 0 Å². The number of nitrogens with one attached hydrogen (secondary N) is 1. The molecule has 2 fully saturated rings. The number of halogens is 1. The quantitative estimate of drug-likeness (QED) is 0.849. The average Bonchev–Trinajstić information content (AvgIpc) is 3.03. The van der Waals surface area contributed by atoms with Crippen molar-refractivity contribution < 1.29 is 4.42 Å². The molecular formula is C13H20ClN3O. The molecule has 100 valence electrons. The van der Waals surface area contributed by atoms with Gasteiger partial charge in [-0.25, -0.2) is 0 Å². The maximum absolute atomic E-state index is 5.91. The van der Waals surface area contributed by atoms with Crippen molar-refractivity contribution in [1.82, 2.24) is 10.2 Å². The molecule has 5 unspecified atom stereocenters. The van der Waals surface area contributed by atoms with Crippen molar-refractivity contribution in [2.24, 2.45) is 17.8 Å². The van der Waals surface area contributed by atoms with Gasteiger partial charge in [0, 0.05) is 6.04 Å². The first-order valence-electron chi connectivity index (χ1n) is 6.87. The molecule has 0 saturated heterocycles. The monoisotopic (exact) mass is 269 g/mol. The zero-order valence-electron chi connectivity index (χ0n) is 10.9. The van der Waals surface area contributed by atoms with Gasteiger partial charge in [0.1, 0.15) is 5.38 Å². The third-order valence-corrected chi connectivity index (χ3v) is 4.75. The maximum Gasteiger partial charge on any atom is 0.315 e. The van der Waals surface area contributed by atoms with Crippen LogP contribution in [0.15, 0.2) is 4.42 Å². The molecule has 5 heteroatoms. The predicted octanol–water partition coefficient (Wildman–Crippen LogP) is 3.61. The number of alkyl halides is 1. The van der Waals surface area contributed by atoms with E-state index >= 15 is 0 Å². The summed E-state index contributed by atoms with van der Waals surface area (Å²) in [7, 11) is 0. The van der Waals surface area contributed by atoms with Crippen LogP contribution in [-0.4, -0.2) is 16.2 Å². The topological polar surface area (TPSA) is 51.0 Å². The van der Waals surface area contributed by atoms with Gasteiger partial charge in [-0.2, -0.15) is 0 Å². The van der Waals surface area contributed by atoms with Crippen LogP contribution in [-0.2, 0) is 0 Å². The highest BCUT2D eigenvalue weighted by atomic mass is 35.5. The number of nitrogens with zero attached hydrogens (tertiary/aromatic N) is 2. The van der Waals surface area contributed by atoms with Crippen molar-refractivity contribution in [2.45, 2.75) is 50.9 Å². The molecule has 3 rings (SSSR count). The Labute approximate surface area is 112 Å². The predicted molar refractivity (Wildman–Crippen MR) is 70.6 cm³/mol. The van der Waals surface area contributed by atoms with E-state index in [-0.39, 0.29) is 5.38 Å². The molecule has 1 heterocycles. The Kier molecular flexibility index (Phi) is 3.22. The molecule has 1 N–H and O–H groups in total. The first-order valence-corrected chi connectivity index (χ1v) is 7.31. The minimum absolute atomic E-state index is 0.231. The lowest BCUT2D eigenvalue weighted by Crippen LogP contribution is -2.30. The summed E-state index contributed by atoms with van der Waals surface area (Å²) in [5.41, 5.74) is 0. The van der Waals surface area contributed by atoms with Crippen LogP contribution in [0.3, 0.4) is 0 Å². The fraction of sp³-hybridized carbons (Fsp3) is 0.846. The van der Waals surface area contributed by atoms with E-state index in [2.05, 4.69) is 22.4 Å². The maximum atomic E-state index is 5.91. The Bertz CT molecular complexity index is 420. The molecule has 2 saturated carbocycles. The van der Waals surface area contributed by atoms with Gasteiger partial charge in [0.15, 0.2) is 0 Å². The van der Waals surface area contributed by atoms with Crippen molar-refractivity contribution in [2.75, 3.05) is 5.32 Å². The molecule has 2 aliphatic carbocycles. The van der Waals surface area contributed by atoms with Crippen molar-refractivity contribution >= 4 is 17.6 Å². The van der Waals surface area contributed by atoms with Gasteiger partial charge in [-0.3, -0.25) is 0 Å². The lowest BCUT2D eigenvalue weighted by molar-refractivity contribution is 0.300. The van der Waals surface area contributed by atoms with Crippen LogP contribution in [0, 0.1) is 17.8 Å². The Balaban J connectivity index is 1.61. The fourth-order valence-electron chi connectivity index (χ4n) is 3.66. The molecule has 2 aliphatic rings. The summed E-state index contributed by atoms with van der Waals surface area (Å²) in [5.74, 6) is 3.10. The third kappa shape index (κ3) is 2.22. The van der Waals surface area contributed by atoms with Crippen molar-refractivity contribution in [1.29, 1.82) is 0 Å². The Morgan fingerprint density at radius 2 is 2.11 bits per heavy atom. The lowest BCUT2D eigenvalue weighted by Gasteiger charge is -2.27. The highest BCUT2D eigenvalue weighted by Crippen LogP contribution is 2.49. The van der Waals surface area contributed by atoms with Crippen LogP contribution in [0.2, 0.25) is 0 Å². The van der Waals surface area contributed by atoms with E-state index in [1.165, 1.54) is 25.7 Å². The molecule has 0 amide bonds. The number of aromatic nitrogens is 2. The molecule has 18 heavy (non-hydrogen) atoms. The molecule has 0 aromatic carbocycles. The molecule has 1 aromatic rings. The standard InChI is InChI=1S/C13H20ClN3O/c1-7(14)12-16-17-13(18-12)15-8(2)11-6-9-3-4-10(11)5-9/h7-11H,3-6H2,1-2H3,(H,15,17). The zero-order valence-corrected chi connectivity index (χ0v) is 11.7. The fourth-order valence-corrected chi connectivity index (χ4v) is 3.75. The molecular weight excluding hydrogens is 250 g/mol. The Morgan fingerprint density at radius 3 is 2.67 bits per heavy atom. The highest BCUT2D eigenvalue weighted by Gasteiger charge is 2.42. The molecule has 5 atom stereocenters. The third-order valence-electron chi connectivity index (χ3n) is 4.57. The van der Waals surface area contributed by atoms with Gasteiger partial charge in [0.2, 0.25) is 5.89 Å². The number of fused-ring (bicyclic) bond motifs is 2. The lowest BCUT2D eigenvalue weighted by atomic mass is 9.84. The van der Waals surface area contributed by atoms with E-state index in [4.69, 9.17) is 16.0 Å². The second-order valence-electron chi connectivity index (χ2n) is 5.83. The van der Waals surface area contributed by atoms with Gasteiger partial charge in [-0.05, 0) is 50.9 Å². The molecule has 0 radical (unpaired) electrons. The minimum atomic E-state index is -0.231. The van der Waals surface area contributed by atoms with Gasteiger partial charge in [0.05, 0.1) is 0 Å². The highest BCUT2D eigenvalue weighted by molar-refractivity contribution is 6.20. The minimum Gasteiger partial charge on any atom is -0.406 e. The molecule has 0 aliphatic heterocycles. The van der Waals surface area contributed by atoms with Crippen LogP contribution in [0.4, 0.5) is 6.01 Å². The number of rotatable bonds is 4. The SMILES string of the molecule is CC(Cl)c1nnc(NC(C)C2CC3CCC2C3)o1. The summed E-state index contributed by atoms with van der Waals surface area (Å²) < 4.78 is 5.49. The van der Waals surface area contributed by atoms with Gasteiger partial charge in [-0.1, -0.05) is 11.5 Å².